The molecule has 0 atom stereocenters. The van der Waals surface area contributed by atoms with Gasteiger partial charge in [0.25, 0.3) is 0 Å². The van der Waals surface area contributed by atoms with Gasteiger partial charge in [0, 0.05) is 12.8 Å². The summed E-state index contributed by atoms with van der Waals surface area (Å²) in [5, 5.41) is 0. The van der Waals surface area contributed by atoms with E-state index in [0.717, 1.165) is 8.97 Å². The van der Waals surface area contributed by atoms with Gasteiger partial charge in [0.15, 0.2) is 0 Å². The Morgan fingerprint density at radius 1 is 0.688 bits per heavy atom. The summed E-state index contributed by atoms with van der Waals surface area (Å²) in [5.74, 6) is 0. The molecular weight excluding hydrogens is 198 g/mol. The molecule has 0 saturated heterocycles. The van der Waals surface area contributed by atoms with E-state index in [2.05, 4.69) is 49.3 Å². The van der Waals surface area contributed by atoms with Crippen LogP contribution < -0.4 is 4.90 Å². The molecule has 0 bridgehead atoms. The van der Waals surface area contributed by atoms with E-state index in [0.29, 0.717) is 0 Å². The van der Waals surface area contributed by atoms with E-state index in [1.807, 2.05) is 0 Å². The zero-order valence-electron chi connectivity index (χ0n) is 12.6. The lowest BCUT2D eigenvalue weighted by molar-refractivity contribution is -0.903. The average molecular weight is 232 g/mol. The van der Waals surface area contributed by atoms with Crippen LogP contribution in [0.4, 0.5) is 0 Å². The molecule has 0 aliphatic rings. The summed E-state index contributed by atoms with van der Waals surface area (Å²) in [6.45, 7) is 5.19. The van der Waals surface area contributed by atoms with Crippen LogP contribution in [0.5, 0.6) is 0 Å². The van der Waals surface area contributed by atoms with Crippen LogP contribution in [0.25, 0.3) is 0 Å². The maximum Gasteiger partial charge on any atom is 0.0834 e. The fraction of sp³-hybridized carbons (Fsp3) is 1.00. The van der Waals surface area contributed by atoms with Crippen LogP contribution in [-0.4, -0.2) is 84.5 Å². The molecule has 0 unspecified atom stereocenters. The van der Waals surface area contributed by atoms with Crippen LogP contribution in [0.2, 0.25) is 0 Å². The number of nitrogens with one attached hydrogen (secondary N) is 1. The van der Waals surface area contributed by atoms with Crippen molar-refractivity contribution < 1.29 is 13.9 Å². The molecular formula is C13H34N3+3. The molecule has 3 heteroatoms. The van der Waals surface area contributed by atoms with Gasteiger partial charge in [0.05, 0.1) is 75.5 Å². The Balaban J connectivity index is 3.49. The Kier molecular flexibility index (Phi) is 6.53. The fourth-order valence-corrected chi connectivity index (χ4v) is 1.84. The molecule has 16 heavy (non-hydrogen) atoms. The van der Waals surface area contributed by atoms with Crippen molar-refractivity contribution in [3.05, 3.63) is 0 Å². The topological polar surface area (TPSA) is 4.44 Å². The number of nitrogens with zero attached hydrogens (tertiary/aromatic N) is 2. The first-order valence-corrected chi connectivity index (χ1v) is 6.52. The van der Waals surface area contributed by atoms with E-state index in [1.165, 1.54) is 39.0 Å². The summed E-state index contributed by atoms with van der Waals surface area (Å²) in [7, 11) is 15.9. The van der Waals surface area contributed by atoms with Gasteiger partial charge in [-0.1, -0.05) is 0 Å². The van der Waals surface area contributed by atoms with Crippen molar-refractivity contribution in [3.8, 4) is 0 Å². The van der Waals surface area contributed by atoms with Crippen LogP contribution in [0.1, 0.15) is 12.8 Å². The quantitative estimate of drug-likeness (QED) is 0.548. The van der Waals surface area contributed by atoms with Gasteiger partial charge in [0.1, 0.15) is 0 Å². The number of hydrogen-bond acceptors (Lipinski definition) is 0. The normalized spacial score (nSPS) is 13.5. The Morgan fingerprint density at radius 2 is 1.00 bits per heavy atom. The van der Waals surface area contributed by atoms with E-state index in [9.17, 15) is 0 Å². The highest BCUT2D eigenvalue weighted by Gasteiger charge is 2.11. The summed E-state index contributed by atoms with van der Waals surface area (Å²) >= 11 is 0. The molecule has 0 aliphatic carbocycles. The van der Waals surface area contributed by atoms with Gasteiger partial charge in [0.2, 0.25) is 0 Å². The van der Waals surface area contributed by atoms with Crippen LogP contribution in [-0.2, 0) is 0 Å². The van der Waals surface area contributed by atoms with Gasteiger partial charge in [-0.15, -0.1) is 0 Å². The molecule has 0 radical (unpaired) electrons. The molecule has 0 spiro atoms. The highest BCUT2D eigenvalue weighted by atomic mass is 15.3. The van der Waals surface area contributed by atoms with Crippen molar-refractivity contribution in [2.75, 3.05) is 75.5 Å². The van der Waals surface area contributed by atoms with Gasteiger partial charge in [-0.05, 0) is 0 Å². The van der Waals surface area contributed by atoms with Crippen LogP contribution in [0, 0.1) is 0 Å². The van der Waals surface area contributed by atoms with E-state index >= 15 is 0 Å². The summed E-state index contributed by atoms with van der Waals surface area (Å²) < 4.78 is 2.18. The first-order valence-electron chi connectivity index (χ1n) is 6.52. The van der Waals surface area contributed by atoms with Crippen molar-refractivity contribution in [3.63, 3.8) is 0 Å². The standard InChI is InChI=1S/C13H33N3/c1-14(10-8-12-15(2,3)4)11-9-13-16(5,6)7/h8-13H2,1-7H3/q+2/p+1. The number of rotatable bonds is 8. The monoisotopic (exact) mass is 232 g/mol. The van der Waals surface area contributed by atoms with Crippen LogP contribution in [0.3, 0.4) is 0 Å². The van der Waals surface area contributed by atoms with Gasteiger partial charge < -0.3 is 13.9 Å². The number of hydrogen-bond donors (Lipinski definition) is 1. The Bertz CT molecular complexity index is 157. The maximum absolute atomic E-state index is 2.32. The molecule has 0 saturated carbocycles. The predicted molar refractivity (Wildman–Crippen MR) is 71.7 cm³/mol. The van der Waals surface area contributed by atoms with Crippen LogP contribution in [0.15, 0.2) is 0 Å². The van der Waals surface area contributed by atoms with Crippen molar-refractivity contribution >= 4 is 0 Å². The van der Waals surface area contributed by atoms with E-state index in [4.69, 9.17) is 0 Å². The Morgan fingerprint density at radius 3 is 1.25 bits per heavy atom. The van der Waals surface area contributed by atoms with Gasteiger partial charge in [-0.2, -0.15) is 0 Å². The van der Waals surface area contributed by atoms with Gasteiger partial charge >= 0.3 is 0 Å². The molecule has 0 aromatic rings. The first-order chi connectivity index (χ1) is 7.10. The molecule has 1 N–H and O–H groups in total. The second-order valence-corrected chi connectivity index (χ2v) is 7.19. The average Bonchev–Trinajstić information content (AvgIpc) is 1.98. The van der Waals surface area contributed by atoms with Crippen molar-refractivity contribution in [1.29, 1.82) is 0 Å². The zero-order chi connectivity index (χ0) is 12.8. The molecule has 0 rings (SSSR count). The maximum atomic E-state index is 2.32. The summed E-state index contributed by atoms with van der Waals surface area (Å²) in [4.78, 5) is 1.68. The second kappa shape index (κ2) is 6.58. The Hall–Kier alpha value is -0.120. The minimum absolute atomic E-state index is 1.09. The van der Waals surface area contributed by atoms with Crippen molar-refractivity contribution in [2.45, 2.75) is 12.8 Å². The summed E-state index contributed by atoms with van der Waals surface area (Å²) in [6.07, 6.45) is 2.67. The molecule has 0 aromatic heterocycles. The highest BCUT2D eigenvalue weighted by molar-refractivity contribution is 4.35. The fourth-order valence-electron chi connectivity index (χ4n) is 1.84. The molecule has 0 aromatic carbocycles. The summed E-state index contributed by atoms with van der Waals surface area (Å²) in [6, 6.07) is 0. The minimum atomic E-state index is 1.09. The second-order valence-electron chi connectivity index (χ2n) is 7.19. The molecule has 0 aliphatic heterocycles. The largest absolute Gasteiger partial charge is 0.337 e. The molecule has 3 nitrogen and oxygen atoms in total. The predicted octanol–water partition coefficient (Wildman–Crippen LogP) is -0.306. The van der Waals surface area contributed by atoms with Gasteiger partial charge in [-0.25, -0.2) is 0 Å². The van der Waals surface area contributed by atoms with Crippen LogP contribution >= 0.6 is 0 Å². The zero-order valence-corrected chi connectivity index (χ0v) is 12.6. The van der Waals surface area contributed by atoms with E-state index in [1.54, 1.807) is 4.90 Å². The third-order valence-electron chi connectivity index (χ3n) is 2.86. The molecule has 0 heterocycles. The lowest BCUT2D eigenvalue weighted by Crippen LogP contribution is -3.09. The van der Waals surface area contributed by atoms with E-state index < -0.39 is 0 Å². The first kappa shape index (κ1) is 15.9. The third-order valence-corrected chi connectivity index (χ3v) is 2.86. The summed E-state index contributed by atoms with van der Waals surface area (Å²) in [5.41, 5.74) is 0. The van der Waals surface area contributed by atoms with Crippen molar-refractivity contribution in [2.24, 2.45) is 0 Å². The van der Waals surface area contributed by atoms with Gasteiger partial charge in [-0.3, -0.25) is 0 Å². The van der Waals surface area contributed by atoms with E-state index in [-0.39, 0.29) is 0 Å². The Labute approximate surface area is 103 Å². The molecule has 0 amide bonds. The third kappa shape index (κ3) is 12.0. The lowest BCUT2D eigenvalue weighted by Gasteiger charge is -2.26. The highest BCUT2D eigenvalue weighted by Crippen LogP contribution is 1.92. The smallest absolute Gasteiger partial charge is 0.0834 e. The lowest BCUT2D eigenvalue weighted by atomic mass is 10.3. The molecule has 98 valence electrons. The number of quaternary nitrogens is 3. The minimum Gasteiger partial charge on any atom is -0.337 e. The SMILES string of the molecule is C[NH+](CCC[N+](C)(C)C)CCC[N+](C)(C)C. The van der Waals surface area contributed by atoms with Crippen molar-refractivity contribution in [1.82, 2.24) is 0 Å². The molecule has 0 fully saturated rings.